The van der Waals surface area contributed by atoms with Crippen LogP contribution in [0, 0.1) is 0 Å². The predicted molar refractivity (Wildman–Crippen MR) is 73.2 cm³/mol. The molecule has 0 spiro atoms. The molecule has 102 valence electrons. The molecule has 0 aliphatic heterocycles. The van der Waals surface area contributed by atoms with Crippen LogP contribution in [0.5, 0.6) is 0 Å². The number of hydrogen-bond donors (Lipinski definition) is 3. The number of aromatic nitrogens is 4. The van der Waals surface area contributed by atoms with Gasteiger partial charge < -0.3 is 20.5 Å². The van der Waals surface area contributed by atoms with Crippen LogP contribution < -0.4 is 15.5 Å². The first-order chi connectivity index (χ1) is 9.15. The van der Waals surface area contributed by atoms with Crippen LogP contribution in [0.3, 0.4) is 0 Å². The third kappa shape index (κ3) is 2.72. The van der Waals surface area contributed by atoms with Crippen LogP contribution >= 0.6 is 0 Å². The first-order valence-corrected chi connectivity index (χ1v) is 6.02. The summed E-state index contributed by atoms with van der Waals surface area (Å²) in [5.41, 5.74) is 1.28. The normalized spacial score (nSPS) is 10.5. The maximum Gasteiger partial charge on any atom is 0.239 e. The largest absolute Gasteiger partial charge is 0.357 e. The van der Waals surface area contributed by atoms with Crippen LogP contribution in [0.25, 0.3) is 11.2 Å². The number of likely N-dealkylation sites (N-methyl/N-ethyl adjacent to an activating group) is 2. The molecule has 0 fully saturated rings. The molecular formula is C11H17N7O. The number of carbonyl (C=O) groups is 1. The van der Waals surface area contributed by atoms with Crippen molar-refractivity contribution in [2.24, 2.45) is 0 Å². The van der Waals surface area contributed by atoms with Gasteiger partial charge in [0.1, 0.15) is 5.52 Å². The Hall–Kier alpha value is -2.38. The van der Waals surface area contributed by atoms with E-state index in [2.05, 4.69) is 30.6 Å². The van der Waals surface area contributed by atoms with E-state index in [0.29, 0.717) is 29.5 Å². The van der Waals surface area contributed by atoms with E-state index in [-0.39, 0.29) is 12.5 Å². The lowest BCUT2D eigenvalue weighted by molar-refractivity contribution is -0.119. The summed E-state index contributed by atoms with van der Waals surface area (Å²) in [6.45, 7) is 2.72. The van der Waals surface area contributed by atoms with E-state index in [1.165, 1.54) is 0 Å². The van der Waals surface area contributed by atoms with Gasteiger partial charge in [-0.25, -0.2) is 4.98 Å². The van der Waals surface area contributed by atoms with Gasteiger partial charge in [-0.05, 0) is 6.92 Å². The number of anilines is 2. The molecule has 0 radical (unpaired) electrons. The molecular weight excluding hydrogens is 246 g/mol. The van der Waals surface area contributed by atoms with Gasteiger partial charge in [-0.15, -0.1) is 0 Å². The minimum atomic E-state index is -0.0534. The number of rotatable bonds is 5. The number of fused-ring (bicyclic) bond motifs is 1. The number of imidazole rings is 1. The second-order valence-corrected chi connectivity index (χ2v) is 4.03. The Morgan fingerprint density at radius 1 is 1.47 bits per heavy atom. The standard InChI is InChI=1S/C11H17N7O/c1-4-13-7(19)5-18(3)10-8-9(15-6-14-8)16-11(12-2)17-10/h6H,4-5H2,1-3H3,(H,13,19)(H2,12,14,15,16,17). The minimum absolute atomic E-state index is 0.0534. The summed E-state index contributed by atoms with van der Waals surface area (Å²) >= 11 is 0. The number of amides is 1. The number of aromatic amines is 1. The molecule has 0 saturated heterocycles. The minimum Gasteiger partial charge on any atom is -0.357 e. The van der Waals surface area contributed by atoms with Crippen molar-refractivity contribution in [3.8, 4) is 0 Å². The van der Waals surface area contributed by atoms with Crippen molar-refractivity contribution in [2.45, 2.75) is 6.92 Å². The van der Waals surface area contributed by atoms with Crippen LogP contribution in [0.1, 0.15) is 6.92 Å². The molecule has 0 aromatic carbocycles. The molecule has 0 saturated carbocycles. The fourth-order valence-electron chi connectivity index (χ4n) is 1.75. The number of carbonyl (C=O) groups excluding carboxylic acids is 1. The third-order valence-corrected chi connectivity index (χ3v) is 2.61. The highest BCUT2D eigenvalue weighted by Crippen LogP contribution is 2.21. The Kier molecular flexibility index (Phi) is 3.79. The van der Waals surface area contributed by atoms with Crippen LogP contribution in [-0.2, 0) is 4.79 Å². The van der Waals surface area contributed by atoms with Gasteiger partial charge in [-0.2, -0.15) is 9.97 Å². The summed E-state index contributed by atoms with van der Waals surface area (Å²) < 4.78 is 0. The molecule has 0 atom stereocenters. The molecule has 0 aliphatic rings. The van der Waals surface area contributed by atoms with Gasteiger partial charge in [-0.1, -0.05) is 0 Å². The van der Waals surface area contributed by atoms with E-state index in [9.17, 15) is 4.79 Å². The van der Waals surface area contributed by atoms with Gasteiger partial charge in [0.25, 0.3) is 0 Å². The summed E-state index contributed by atoms with van der Waals surface area (Å²) in [6, 6.07) is 0. The van der Waals surface area contributed by atoms with Crippen molar-refractivity contribution in [3.63, 3.8) is 0 Å². The maximum absolute atomic E-state index is 11.6. The smallest absolute Gasteiger partial charge is 0.239 e. The Bertz CT molecular complexity index is 579. The molecule has 8 heteroatoms. The monoisotopic (exact) mass is 263 g/mol. The van der Waals surface area contributed by atoms with E-state index < -0.39 is 0 Å². The Labute approximate surface area is 110 Å². The Morgan fingerprint density at radius 2 is 2.26 bits per heavy atom. The zero-order valence-electron chi connectivity index (χ0n) is 11.2. The molecule has 2 rings (SSSR count). The lowest BCUT2D eigenvalue weighted by Crippen LogP contribution is -2.35. The Balaban J connectivity index is 2.32. The fraction of sp³-hybridized carbons (Fsp3) is 0.455. The van der Waals surface area contributed by atoms with Crippen molar-refractivity contribution < 1.29 is 4.79 Å². The Morgan fingerprint density at radius 3 is 2.95 bits per heavy atom. The van der Waals surface area contributed by atoms with Crippen LogP contribution in [0.2, 0.25) is 0 Å². The van der Waals surface area contributed by atoms with Crippen molar-refractivity contribution in [1.82, 2.24) is 25.3 Å². The molecule has 2 aromatic rings. The SMILES string of the molecule is CCNC(=O)CN(C)c1nc(NC)nc2nc[nH]c12. The summed E-state index contributed by atoms with van der Waals surface area (Å²) in [5.74, 6) is 1.05. The lowest BCUT2D eigenvalue weighted by Gasteiger charge is -2.18. The number of H-pyrrole nitrogens is 1. The van der Waals surface area contributed by atoms with E-state index in [4.69, 9.17) is 0 Å². The predicted octanol–water partition coefficient (Wildman–Crippen LogP) is -0.0331. The molecule has 2 aromatic heterocycles. The molecule has 1 amide bonds. The first-order valence-electron chi connectivity index (χ1n) is 6.02. The molecule has 3 N–H and O–H groups in total. The van der Waals surface area contributed by atoms with Gasteiger partial charge in [0.05, 0.1) is 12.9 Å². The third-order valence-electron chi connectivity index (χ3n) is 2.61. The van der Waals surface area contributed by atoms with E-state index in [1.807, 2.05) is 6.92 Å². The number of nitrogens with zero attached hydrogens (tertiary/aromatic N) is 4. The quantitative estimate of drug-likeness (QED) is 0.700. The van der Waals surface area contributed by atoms with Gasteiger partial charge in [0.15, 0.2) is 11.5 Å². The highest BCUT2D eigenvalue weighted by molar-refractivity contribution is 5.87. The average Bonchev–Trinajstić information content (AvgIpc) is 2.85. The van der Waals surface area contributed by atoms with Crippen molar-refractivity contribution in [1.29, 1.82) is 0 Å². The second-order valence-electron chi connectivity index (χ2n) is 4.03. The molecule has 8 nitrogen and oxygen atoms in total. The van der Waals surface area contributed by atoms with Crippen molar-refractivity contribution >= 4 is 28.8 Å². The second kappa shape index (κ2) is 5.51. The van der Waals surface area contributed by atoms with Crippen molar-refractivity contribution in [2.75, 3.05) is 37.4 Å². The van der Waals surface area contributed by atoms with Crippen LogP contribution in [0.15, 0.2) is 6.33 Å². The van der Waals surface area contributed by atoms with E-state index in [1.54, 1.807) is 25.3 Å². The van der Waals surface area contributed by atoms with Gasteiger partial charge in [0, 0.05) is 20.6 Å². The molecule has 2 heterocycles. The lowest BCUT2D eigenvalue weighted by atomic mass is 10.4. The topological polar surface area (TPSA) is 98.8 Å². The van der Waals surface area contributed by atoms with Crippen LogP contribution in [-0.4, -0.2) is 53.0 Å². The first kappa shape index (κ1) is 13.1. The number of hydrogen-bond acceptors (Lipinski definition) is 6. The van der Waals surface area contributed by atoms with E-state index in [0.717, 1.165) is 0 Å². The molecule has 0 bridgehead atoms. The zero-order valence-corrected chi connectivity index (χ0v) is 11.2. The van der Waals surface area contributed by atoms with Gasteiger partial charge >= 0.3 is 0 Å². The average molecular weight is 263 g/mol. The highest BCUT2D eigenvalue weighted by Gasteiger charge is 2.15. The highest BCUT2D eigenvalue weighted by atomic mass is 16.2. The summed E-state index contributed by atoms with van der Waals surface area (Å²) in [4.78, 5) is 29.1. The van der Waals surface area contributed by atoms with Gasteiger partial charge in [-0.3, -0.25) is 4.79 Å². The van der Waals surface area contributed by atoms with Crippen molar-refractivity contribution in [3.05, 3.63) is 6.33 Å². The van der Waals surface area contributed by atoms with Crippen LogP contribution in [0.4, 0.5) is 11.8 Å². The fourth-order valence-corrected chi connectivity index (χ4v) is 1.75. The molecule has 0 unspecified atom stereocenters. The number of nitrogens with one attached hydrogen (secondary N) is 3. The molecule has 19 heavy (non-hydrogen) atoms. The van der Waals surface area contributed by atoms with Gasteiger partial charge in [0.2, 0.25) is 11.9 Å². The molecule has 0 aliphatic carbocycles. The summed E-state index contributed by atoms with van der Waals surface area (Å²) in [7, 11) is 3.54. The van der Waals surface area contributed by atoms with E-state index >= 15 is 0 Å². The summed E-state index contributed by atoms with van der Waals surface area (Å²) in [6.07, 6.45) is 1.56. The summed E-state index contributed by atoms with van der Waals surface area (Å²) in [5, 5.41) is 5.63. The maximum atomic E-state index is 11.6. The zero-order chi connectivity index (χ0) is 13.8.